The highest BCUT2D eigenvalue weighted by Gasteiger charge is 2.63. The van der Waals surface area contributed by atoms with E-state index in [1.54, 1.807) is 12.3 Å². The molecule has 164 valence electrons. The summed E-state index contributed by atoms with van der Waals surface area (Å²) >= 11 is 0. The first-order valence-electron chi connectivity index (χ1n) is 11.7. The van der Waals surface area contributed by atoms with Crippen molar-refractivity contribution in [2.24, 2.45) is 29.6 Å². The van der Waals surface area contributed by atoms with Crippen LogP contribution in [0.25, 0.3) is 10.9 Å². The number of rotatable bonds is 6. The van der Waals surface area contributed by atoms with Gasteiger partial charge in [0.1, 0.15) is 11.6 Å². The molecule has 0 spiro atoms. The molecule has 0 saturated heterocycles. The van der Waals surface area contributed by atoms with Gasteiger partial charge in [-0.05, 0) is 92.7 Å². The van der Waals surface area contributed by atoms with Crippen LogP contribution in [0.4, 0.5) is 10.1 Å². The molecule has 2 aromatic carbocycles. The fourth-order valence-electron chi connectivity index (χ4n) is 5.87. The molecule has 0 radical (unpaired) electrons. The van der Waals surface area contributed by atoms with Crippen molar-refractivity contribution in [3.05, 3.63) is 66.1 Å². The van der Waals surface area contributed by atoms with Gasteiger partial charge < -0.3 is 10.1 Å². The smallest absolute Gasteiger partial charge is 0.228 e. The molecule has 3 saturated carbocycles. The number of carbonyl (C=O) groups excluding carboxylic acids is 1. The molecule has 1 N–H and O–H groups in total. The Morgan fingerprint density at radius 2 is 1.84 bits per heavy atom. The Bertz CT molecular complexity index is 1160. The fraction of sp³-hybridized carbons (Fsp3) is 0.407. The minimum absolute atomic E-state index is 0.114. The highest BCUT2D eigenvalue weighted by atomic mass is 19.1. The lowest BCUT2D eigenvalue weighted by Gasteiger charge is -2.22. The molecule has 0 aliphatic heterocycles. The molecule has 3 aliphatic rings. The van der Waals surface area contributed by atoms with Gasteiger partial charge in [-0.15, -0.1) is 0 Å². The molecule has 6 rings (SSSR count). The Hall–Kier alpha value is -2.95. The Morgan fingerprint density at radius 3 is 2.56 bits per heavy atom. The summed E-state index contributed by atoms with van der Waals surface area (Å²) in [6.07, 6.45) is 6.10. The number of benzene rings is 2. The van der Waals surface area contributed by atoms with Crippen LogP contribution in [0, 0.1) is 42.3 Å². The van der Waals surface area contributed by atoms with Gasteiger partial charge >= 0.3 is 0 Å². The first-order chi connectivity index (χ1) is 15.6. The highest BCUT2D eigenvalue weighted by molar-refractivity contribution is 5.93. The van der Waals surface area contributed by atoms with E-state index in [9.17, 15) is 9.18 Å². The number of nitrogens with zero attached hydrogens (tertiary/aromatic N) is 1. The van der Waals surface area contributed by atoms with E-state index in [0.29, 0.717) is 29.4 Å². The molecule has 1 heterocycles. The SMILES string of the molecule is Cc1ccc(NC(=O)C(C2CC2)C2[C@H]3CC(Oc4ccnc5ccc(F)cc45)C[C@@H]23)cc1. The van der Waals surface area contributed by atoms with Gasteiger partial charge in [0.15, 0.2) is 0 Å². The van der Waals surface area contributed by atoms with Crippen LogP contribution in [0.3, 0.4) is 0 Å². The van der Waals surface area contributed by atoms with E-state index in [1.807, 2.05) is 37.3 Å². The van der Waals surface area contributed by atoms with Crippen LogP contribution in [0.1, 0.15) is 31.2 Å². The number of halogens is 1. The van der Waals surface area contributed by atoms with Gasteiger partial charge in [-0.3, -0.25) is 9.78 Å². The number of carbonyl (C=O) groups is 1. The first kappa shape index (κ1) is 19.7. The van der Waals surface area contributed by atoms with Crippen molar-refractivity contribution in [3.8, 4) is 5.75 Å². The van der Waals surface area contributed by atoms with E-state index in [0.717, 1.165) is 42.3 Å². The summed E-state index contributed by atoms with van der Waals surface area (Å²) in [6, 6.07) is 14.5. The van der Waals surface area contributed by atoms with E-state index < -0.39 is 0 Å². The third kappa shape index (κ3) is 3.64. The summed E-state index contributed by atoms with van der Waals surface area (Å²) in [6.45, 7) is 2.05. The van der Waals surface area contributed by atoms with Gasteiger partial charge in [0.05, 0.1) is 11.6 Å². The predicted molar refractivity (Wildman–Crippen MR) is 122 cm³/mol. The molecule has 4 nitrogen and oxygen atoms in total. The van der Waals surface area contributed by atoms with E-state index in [2.05, 4.69) is 10.3 Å². The molecule has 0 bridgehead atoms. The van der Waals surface area contributed by atoms with Crippen LogP contribution in [-0.2, 0) is 4.79 Å². The second-order valence-electron chi connectivity index (χ2n) is 9.81. The second-order valence-corrected chi connectivity index (χ2v) is 9.81. The molecule has 1 aromatic heterocycles. The summed E-state index contributed by atoms with van der Waals surface area (Å²) in [4.78, 5) is 17.5. The van der Waals surface area contributed by atoms with Gasteiger partial charge in [0.25, 0.3) is 0 Å². The quantitative estimate of drug-likeness (QED) is 0.542. The summed E-state index contributed by atoms with van der Waals surface area (Å²) < 4.78 is 20.1. The molecule has 5 heteroatoms. The van der Waals surface area contributed by atoms with E-state index in [1.165, 1.54) is 17.7 Å². The zero-order valence-corrected chi connectivity index (χ0v) is 18.1. The Labute approximate surface area is 187 Å². The van der Waals surface area contributed by atoms with E-state index >= 15 is 0 Å². The van der Waals surface area contributed by atoms with Crippen molar-refractivity contribution in [1.29, 1.82) is 0 Å². The molecule has 3 aliphatic carbocycles. The van der Waals surface area contributed by atoms with Crippen LogP contribution in [0.15, 0.2) is 54.7 Å². The van der Waals surface area contributed by atoms with Crippen LogP contribution >= 0.6 is 0 Å². The number of anilines is 1. The maximum atomic E-state index is 13.8. The van der Waals surface area contributed by atoms with Gasteiger partial charge in [-0.1, -0.05) is 17.7 Å². The standard InChI is InChI=1S/C27H27FN2O2/c1-15-2-7-18(8-3-15)30-27(31)25(16-4-5-16)26-20-13-19(14-21(20)26)32-24-10-11-29-23-9-6-17(28)12-22(23)24/h2-3,6-12,16,19-21,25-26H,4-5,13-14H2,1H3,(H,30,31)/t19?,20-,21+,25?,26?. The molecule has 3 unspecified atom stereocenters. The third-order valence-electron chi connectivity index (χ3n) is 7.59. The van der Waals surface area contributed by atoms with Crippen LogP contribution in [-0.4, -0.2) is 17.0 Å². The van der Waals surface area contributed by atoms with Crippen LogP contribution in [0.5, 0.6) is 5.75 Å². The predicted octanol–water partition coefficient (Wildman–Crippen LogP) is 5.75. The van der Waals surface area contributed by atoms with Crippen LogP contribution < -0.4 is 10.1 Å². The number of ether oxygens (including phenoxy) is 1. The zero-order valence-electron chi connectivity index (χ0n) is 18.1. The van der Waals surface area contributed by atoms with Crippen molar-refractivity contribution >= 4 is 22.5 Å². The maximum Gasteiger partial charge on any atom is 0.228 e. The normalized spacial score (nSPS) is 27.1. The lowest BCUT2D eigenvalue weighted by atomic mass is 9.90. The minimum atomic E-state index is -0.281. The zero-order chi connectivity index (χ0) is 21.8. The first-order valence-corrected chi connectivity index (χ1v) is 11.7. The Morgan fingerprint density at radius 1 is 1.09 bits per heavy atom. The largest absolute Gasteiger partial charge is 0.490 e. The van der Waals surface area contributed by atoms with Crippen molar-refractivity contribution in [2.45, 2.75) is 38.7 Å². The molecular formula is C27H27FN2O2. The molecular weight excluding hydrogens is 403 g/mol. The topological polar surface area (TPSA) is 51.2 Å². The number of fused-ring (bicyclic) bond motifs is 2. The van der Waals surface area contributed by atoms with Gasteiger partial charge in [0, 0.05) is 23.2 Å². The number of pyridine rings is 1. The number of amides is 1. The number of aromatic nitrogens is 1. The van der Waals surface area contributed by atoms with Crippen molar-refractivity contribution < 1.29 is 13.9 Å². The maximum absolute atomic E-state index is 13.8. The second kappa shape index (κ2) is 7.58. The van der Waals surface area contributed by atoms with E-state index in [4.69, 9.17) is 4.74 Å². The van der Waals surface area contributed by atoms with Crippen LogP contribution in [0.2, 0.25) is 0 Å². The highest BCUT2D eigenvalue weighted by Crippen LogP contribution is 2.64. The van der Waals surface area contributed by atoms with Crippen molar-refractivity contribution in [1.82, 2.24) is 4.98 Å². The summed E-state index contributed by atoms with van der Waals surface area (Å²) in [5, 5.41) is 3.89. The fourth-order valence-corrected chi connectivity index (χ4v) is 5.87. The van der Waals surface area contributed by atoms with Crippen molar-refractivity contribution in [2.75, 3.05) is 5.32 Å². The van der Waals surface area contributed by atoms with Crippen molar-refractivity contribution in [3.63, 3.8) is 0 Å². The van der Waals surface area contributed by atoms with E-state index in [-0.39, 0.29) is 23.7 Å². The lowest BCUT2D eigenvalue weighted by Crippen LogP contribution is -2.29. The average molecular weight is 431 g/mol. The van der Waals surface area contributed by atoms with Gasteiger partial charge in [-0.25, -0.2) is 4.39 Å². The number of aryl methyl sites for hydroxylation is 1. The molecule has 1 amide bonds. The Balaban J connectivity index is 1.12. The number of nitrogens with one attached hydrogen (secondary N) is 1. The minimum Gasteiger partial charge on any atom is -0.490 e. The van der Waals surface area contributed by atoms with Gasteiger partial charge in [-0.2, -0.15) is 0 Å². The van der Waals surface area contributed by atoms with Gasteiger partial charge in [0.2, 0.25) is 5.91 Å². The monoisotopic (exact) mass is 430 g/mol. The summed E-state index contributed by atoms with van der Waals surface area (Å²) in [5.74, 6) is 2.83. The summed E-state index contributed by atoms with van der Waals surface area (Å²) in [7, 11) is 0. The molecule has 5 atom stereocenters. The number of hydrogen-bond acceptors (Lipinski definition) is 3. The number of hydrogen-bond donors (Lipinski definition) is 1. The third-order valence-corrected chi connectivity index (χ3v) is 7.59. The lowest BCUT2D eigenvalue weighted by molar-refractivity contribution is -0.121. The average Bonchev–Trinajstić information content (AvgIpc) is 3.69. The Kier molecular flexibility index (Phi) is 4.67. The molecule has 3 aromatic rings. The molecule has 32 heavy (non-hydrogen) atoms. The molecule has 3 fully saturated rings. The summed E-state index contributed by atoms with van der Waals surface area (Å²) in [5.41, 5.74) is 2.82.